The highest BCUT2D eigenvalue weighted by Crippen LogP contribution is 2.31. The second-order valence-electron chi connectivity index (χ2n) is 7.49. The van der Waals surface area contributed by atoms with Crippen LogP contribution in [-0.2, 0) is 9.59 Å². The number of anilines is 3. The van der Waals surface area contributed by atoms with E-state index in [2.05, 4.69) is 27.5 Å². The minimum Gasteiger partial charge on any atom is -0.340 e. The summed E-state index contributed by atoms with van der Waals surface area (Å²) in [7, 11) is 0. The number of hydrogen-bond acceptors (Lipinski definition) is 5. The van der Waals surface area contributed by atoms with Crippen LogP contribution in [0.15, 0.2) is 29.1 Å². The second-order valence-corrected chi connectivity index (χ2v) is 7.93. The van der Waals surface area contributed by atoms with Crippen LogP contribution >= 0.6 is 11.6 Å². The molecular formula is C20H22ClN5O3. The highest BCUT2D eigenvalue weighted by atomic mass is 35.5. The first kappa shape index (κ1) is 19.4. The Labute approximate surface area is 172 Å². The Kier molecular flexibility index (Phi) is 5.27. The number of nitrogens with zero attached hydrogens (tertiary/aromatic N) is 2. The molecule has 2 aliphatic heterocycles. The maximum atomic E-state index is 12.9. The third-order valence-electron chi connectivity index (χ3n) is 5.42. The first-order chi connectivity index (χ1) is 13.9. The van der Waals surface area contributed by atoms with E-state index in [4.69, 9.17) is 11.6 Å². The molecule has 0 saturated carbocycles. The van der Waals surface area contributed by atoms with Gasteiger partial charge >= 0.3 is 0 Å². The van der Waals surface area contributed by atoms with Gasteiger partial charge in [0.15, 0.2) is 0 Å². The number of nitrogens with one attached hydrogen (secondary N) is 3. The molecule has 0 radical (unpaired) electrons. The van der Waals surface area contributed by atoms with Gasteiger partial charge in [-0.15, -0.1) is 0 Å². The van der Waals surface area contributed by atoms with Gasteiger partial charge in [0.2, 0.25) is 17.8 Å². The van der Waals surface area contributed by atoms with Gasteiger partial charge < -0.3 is 15.5 Å². The summed E-state index contributed by atoms with van der Waals surface area (Å²) in [5.41, 5.74) is 0.268. The van der Waals surface area contributed by atoms with Crippen molar-refractivity contribution in [3.8, 4) is 0 Å². The van der Waals surface area contributed by atoms with Crippen LogP contribution in [0.4, 0.5) is 17.5 Å². The van der Waals surface area contributed by atoms with Gasteiger partial charge in [-0.05, 0) is 44.4 Å². The zero-order valence-corrected chi connectivity index (χ0v) is 16.8. The third kappa shape index (κ3) is 3.98. The number of hydrogen-bond donors (Lipinski definition) is 3. The highest BCUT2D eigenvalue weighted by molar-refractivity contribution is 6.30. The lowest BCUT2D eigenvalue weighted by atomic mass is 9.92. The van der Waals surface area contributed by atoms with Gasteiger partial charge in [-0.25, -0.2) is 0 Å². The second kappa shape index (κ2) is 7.87. The van der Waals surface area contributed by atoms with Crippen molar-refractivity contribution < 1.29 is 9.59 Å². The topological polar surface area (TPSA) is 107 Å². The van der Waals surface area contributed by atoms with E-state index in [-0.39, 0.29) is 29.8 Å². The molecule has 2 atom stereocenters. The average molecular weight is 416 g/mol. The normalized spacial score (nSPS) is 21.3. The molecular weight excluding hydrogens is 394 g/mol. The van der Waals surface area contributed by atoms with Crippen LogP contribution < -0.4 is 21.1 Å². The summed E-state index contributed by atoms with van der Waals surface area (Å²) in [6, 6.07) is 6.94. The molecule has 1 aromatic heterocycles. The maximum Gasteiger partial charge on any atom is 0.258 e. The molecule has 0 aliphatic carbocycles. The van der Waals surface area contributed by atoms with Gasteiger partial charge in [-0.1, -0.05) is 17.7 Å². The molecule has 0 spiro atoms. The molecule has 0 bridgehead atoms. The van der Waals surface area contributed by atoms with Gasteiger partial charge in [0.25, 0.3) is 5.56 Å². The molecule has 3 N–H and O–H groups in total. The molecule has 152 valence electrons. The summed E-state index contributed by atoms with van der Waals surface area (Å²) in [5, 5.41) is 5.86. The van der Waals surface area contributed by atoms with Crippen LogP contribution in [0.2, 0.25) is 5.02 Å². The molecule has 4 rings (SSSR count). The van der Waals surface area contributed by atoms with Crippen LogP contribution in [0.25, 0.3) is 0 Å². The zero-order valence-electron chi connectivity index (χ0n) is 16.0. The number of rotatable bonds is 3. The van der Waals surface area contributed by atoms with E-state index in [0.29, 0.717) is 16.7 Å². The number of carbonyl (C=O) groups is 2. The zero-order chi connectivity index (χ0) is 20.5. The van der Waals surface area contributed by atoms with Crippen molar-refractivity contribution in [2.24, 2.45) is 0 Å². The smallest absolute Gasteiger partial charge is 0.258 e. The lowest BCUT2D eigenvalue weighted by molar-refractivity contribution is -0.123. The Morgan fingerprint density at radius 3 is 2.90 bits per heavy atom. The fourth-order valence-corrected chi connectivity index (χ4v) is 4.12. The molecule has 3 heterocycles. The van der Waals surface area contributed by atoms with E-state index < -0.39 is 17.4 Å². The fourth-order valence-electron chi connectivity index (χ4n) is 3.93. The van der Waals surface area contributed by atoms with Crippen molar-refractivity contribution >= 4 is 40.9 Å². The molecule has 2 aromatic rings. The summed E-state index contributed by atoms with van der Waals surface area (Å²) in [5.74, 6) is -1.14. The Morgan fingerprint density at radius 1 is 1.31 bits per heavy atom. The standard InChI is InChI=1S/C20H22ClN5O3/c1-11-5-2-3-8-26(11)20-24-17-16(19(29)25-20)14(10-15(27)23-17)18(28)22-13-7-4-6-12(21)9-13/h4,6-7,9,11,14H,2-3,5,8,10H2,1H3,(H,22,28)(H2,23,24,25,27,29)/t11-,14-/m0/s1. The van der Waals surface area contributed by atoms with E-state index in [1.165, 1.54) is 0 Å². The molecule has 9 heteroatoms. The molecule has 1 saturated heterocycles. The number of fused-ring (bicyclic) bond motifs is 1. The molecule has 1 aromatic carbocycles. The number of aromatic nitrogens is 2. The summed E-state index contributed by atoms with van der Waals surface area (Å²) >= 11 is 5.96. The Bertz CT molecular complexity index is 1020. The Morgan fingerprint density at radius 2 is 2.14 bits per heavy atom. The molecule has 2 amide bonds. The van der Waals surface area contributed by atoms with Gasteiger partial charge in [0.05, 0.1) is 11.5 Å². The van der Waals surface area contributed by atoms with Crippen molar-refractivity contribution in [2.75, 3.05) is 22.1 Å². The van der Waals surface area contributed by atoms with Crippen LogP contribution in [0.3, 0.4) is 0 Å². The van der Waals surface area contributed by atoms with Gasteiger partial charge in [-0.3, -0.25) is 19.4 Å². The Hall–Kier alpha value is -2.87. The summed E-state index contributed by atoms with van der Waals surface area (Å²) in [6.45, 7) is 2.87. The summed E-state index contributed by atoms with van der Waals surface area (Å²) < 4.78 is 0. The van der Waals surface area contributed by atoms with E-state index in [9.17, 15) is 14.4 Å². The van der Waals surface area contributed by atoms with E-state index in [0.717, 1.165) is 25.8 Å². The SMILES string of the molecule is C[C@H]1CCCCN1c1nc2c(c(=O)[nH]1)[C@@H](C(=O)Nc1cccc(Cl)c1)CC(=O)N2. The Balaban J connectivity index is 1.66. The van der Waals surface area contributed by atoms with Crippen LogP contribution in [0, 0.1) is 0 Å². The molecule has 1 fully saturated rings. The lowest BCUT2D eigenvalue weighted by Crippen LogP contribution is -2.41. The van der Waals surface area contributed by atoms with Gasteiger partial charge in [0, 0.05) is 29.7 Å². The van der Waals surface area contributed by atoms with Crippen molar-refractivity contribution in [3.63, 3.8) is 0 Å². The minimum absolute atomic E-state index is 0.121. The molecule has 8 nitrogen and oxygen atoms in total. The van der Waals surface area contributed by atoms with Crippen molar-refractivity contribution in [3.05, 3.63) is 45.2 Å². The van der Waals surface area contributed by atoms with Crippen LogP contribution in [0.1, 0.15) is 44.1 Å². The van der Waals surface area contributed by atoms with E-state index >= 15 is 0 Å². The lowest BCUT2D eigenvalue weighted by Gasteiger charge is -2.34. The van der Waals surface area contributed by atoms with Crippen molar-refractivity contribution in [1.29, 1.82) is 0 Å². The monoisotopic (exact) mass is 415 g/mol. The predicted molar refractivity (Wildman–Crippen MR) is 112 cm³/mol. The first-order valence-corrected chi connectivity index (χ1v) is 10.1. The fraction of sp³-hybridized carbons (Fsp3) is 0.400. The predicted octanol–water partition coefficient (Wildman–Crippen LogP) is 2.87. The molecule has 2 aliphatic rings. The molecule has 29 heavy (non-hydrogen) atoms. The number of H-pyrrole nitrogens is 1. The van der Waals surface area contributed by atoms with Crippen LogP contribution in [0.5, 0.6) is 0 Å². The summed E-state index contributed by atoms with van der Waals surface area (Å²) in [6.07, 6.45) is 3.04. The van der Waals surface area contributed by atoms with Gasteiger partial charge in [-0.2, -0.15) is 4.98 Å². The number of aromatic amines is 1. The minimum atomic E-state index is -0.929. The van der Waals surface area contributed by atoms with E-state index in [1.54, 1.807) is 24.3 Å². The van der Waals surface area contributed by atoms with Crippen molar-refractivity contribution in [1.82, 2.24) is 9.97 Å². The largest absolute Gasteiger partial charge is 0.340 e. The number of carbonyl (C=O) groups excluding carboxylic acids is 2. The average Bonchev–Trinajstić information content (AvgIpc) is 2.67. The summed E-state index contributed by atoms with van der Waals surface area (Å²) in [4.78, 5) is 47.3. The maximum absolute atomic E-state index is 12.9. The first-order valence-electron chi connectivity index (χ1n) is 9.69. The number of piperidine rings is 1. The van der Waals surface area contributed by atoms with Gasteiger partial charge in [0.1, 0.15) is 5.82 Å². The third-order valence-corrected chi connectivity index (χ3v) is 5.66. The van der Waals surface area contributed by atoms with E-state index in [1.807, 2.05) is 4.90 Å². The number of halogens is 1. The number of amides is 2. The highest BCUT2D eigenvalue weighted by Gasteiger charge is 2.35. The molecule has 0 unspecified atom stereocenters. The van der Waals surface area contributed by atoms with Crippen molar-refractivity contribution in [2.45, 2.75) is 44.6 Å². The quantitative estimate of drug-likeness (QED) is 0.714. The number of benzene rings is 1. The van der Waals surface area contributed by atoms with Crippen LogP contribution in [-0.4, -0.2) is 34.4 Å².